The first-order chi connectivity index (χ1) is 15.7. The summed E-state index contributed by atoms with van der Waals surface area (Å²) in [6.45, 7) is 3.81. The quantitative estimate of drug-likeness (QED) is 0.410. The van der Waals surface area contributed by atoms with E-state index in [-0.39, 0.29) is 29.0 Å². The van der Waals surface area contributed by atoms with Crippen molar-refractivity contribution in [3.8, 4) is 0 Å². The summed E-state index contributed by atoms with van der Waals surface area (Å²) in [5, 5.41) is 3.39. The third-order valence-corrected chi connectivity index (χ3v) is 5.73. The Balaban J connectivity index is 1.75. The number of aromatic nitrogens is 1. The number of hydrogen-bond donors (Lipinski definition) is 1. The number of ketones is 1. The summed E-state index contributed by atoms with van der Waals surface area (Å²) in [6.07, 6.45) is 1.37. The first-order valence-electron chi connectivity index (χ1n) is 10.2. The van der Waals surface area contributed by atoms with Gasteiger partial charge in [0, 0.05) is 27.9 Å². The normalized spacial score (nSPS) is 10.9. The Hall–Kier alpha value is -3.77. The van der Waals surface area contributed by atoms with Gasteiger partial charge < -0.3 is 9.88 Å². The fourth-order valence-corrected chi connectivity index (χ4v) is 3.77. The maximum absolute atomic E-state index is 13.3. The first kappa shape index (κ1) is 22.4. The molecule has 4 rings (SSSR count). The van der Waals surface area contributed by atoms with Gasteiger partial charge in [-0.25, -0.2) is 4.39 Å². The predicted molar refractivity (Wildman–Crippen MR) is 128 cm³/mol. The minimum Gasteiger partial charge on any atom is -0.337 e. The van der Waals surface area contributed by atoms with Crippen LogP contribution in [0.25, 0.3) is 10.9 Å². The number of carbonyl (C=O) groups is 2. The molecule has 3 aromatic carbocycles. The average Bonchev–Trinajstić information content (AvgIpc) is 2.78. The highest BCUT2D eigenvalue weighted by molar-refractivity contribution is 6.31. The summed E-state index contributed by atoms with van der Waals surface area (Å²) >= 11 is 6.10. The van der Waals surface area contributed by atoms with E-state index in [1.54, 1.807) is 16.7 Å². The predicted octanol–water partition coefficient (Wildman–Crippen LogP) is 5.28. The van der Waals surface area contributed by atoms with Crippen molar-refractivity contribution < 1.29 is 14.0 Å². The van der Waals surface area contributed by atoms with E-state index in [9.17, 15) is 18.8 Å². The summed E-state index contributed by atoms with van der Waals surface area (Å²) < 4.78 is 14.8. The molecule has 0 aliphatic carbocycles. The summed E-state index contributed by atoms with van der Waals surface area (Å²) in [7, 11) is 0. The van der Waals surface area contributed by atoms with E-state index in [0.717, 1.165) is 23.3 Å². The van der Waals surface area contributed by atoms with Gasteiger partial charge in [-0.05, 0) is 79.6 Å². The first-order valence-corrected chi connectivity index (χ1v) is 10.6. The monoisotopic (exact) mass is 462 g/mol. The average molecular weight is 463 g/mol. The van der Waals surface area contributed by atoms with Crippen LogP contribution in [0.5, 0.6) is 0 Å². The third kappa shape index (κ3) is 4.71. The topological polar surface area (TPSA) is 68.2 Å². The highest BCUT2D eigenvalue weighted by Gasteiger charge is 2.19. The molecule has 0 unspecified atom stereocenters. The van der Waals surface area contributed by atoms with Crippen LogP contribution in [0.3, 0.4) is 0 Å². The van der Waals surface area contributed by atoms with Crippen LogP contribution in [0.1, 0.15) is 27.0 Å². The zero-order valence-corrected chi connectivity index (χ0v) is 18.7. The van der Waals surface area contributed by atoms with Gasteiger partial charge in [0.05, 0.1) is 11.1 Å². The molecule has 1 heterocycles. The fraction of sp³-hybridized carbons (Fsp3) is 0.115. The summed E-state index contributed by atoms with van der Waals surface area (Å²) in [6, 6.07) is 15.3. The molecule has 0 spiro atoms. The lowest BCUT2D eigenvalue weighted by Crippen LogP contribution is -2.24. The van der Waals surface area contributed by atoms with Crippen LogP contribution in [0, 0.1) is 19.7 Å². The van der Waals surface area contributed by atoms with Crippen molar-refractivity contribution in [3.63, 3.8) is 0 Å². The van der Waals surface area contributed by atoms with Crippen LogP contribution in [-0.2, 0) is 11.3 Å². The lowest BCUT2D eigenvalue weighted by atomic mass is 10.0. The molecule has 0 aliphatic heterocycles. The van der Waals surface area contributed by atoms with Crippen molar-refractivity contribution in [2.75, 3.05) is 5.32 Å². The number of nitrogens with zero attached hydrogens (tertiary/aromatic N) is 1. The van der Waals surface area contributed by atoms with Crippen molar-refractivity contribution in [2.45, 2.75) is 20.4 Å². The van der Waals surface area contributed by atoms with E-state index in [1.807, 2.05) is 32.0 Å². The molecular weight excluding hydrogens is 443 g/mol. The number of anilines is 1. The number of benzene rings is 3. The van der Waals surface area contributed by atoms with Gasteiger partial charge in [-0.15, -0.1) is 0 Å². The smallest absolute Gasteiger partial charge is 0.244 e. The summed E-state index contributed by atoms with van der Waals surface area (Å²) in [4.78, 5) is 38.9. The molecule has 166 valence electrons. The molecule has 1 amide bonds. The number of carbonyl (C=O) groups excluding carboxylic acids is 2. The number of halogens is 2. The zero-order chi connectivity index (χ0) is 23.7. The van der Waals surface area contributed by atoms with E-state index in [4.69, 9.17) is 11.6 Å². The Kier molecular flexibility index (Phi) is 6.11. The van der Waals surface area contributed by atoms with E-state index >= 15 is 0 Å². The Bertz CT molecular complexity index is 1460. The molecule has 5 nitrogen and oxygen atoms in total. The number of aryl methyl sites for hydroxylation is 2. The molecule has 0 atom stereocenters. The van der Waals surface area contributed by atoms with Crippen molar-refractivity contribution in [1.29, 1.82) is 0 Å². The zero-order valence-electron chi connectivity index (χ0n) is 18.0. The van der Waals surface area contributed by atoms with Crippen LogP contribution in [-0.4, -0.2) is 16.3 Å². The van der Waals surface area contributed by atoms with Crippen molar-refractivity contribution >= 4 is 39.9 Å². The lowest BCUT2D eigenvalue weighted by Gasteiger charge is -2.14. The largest absolute Gasteiger partial charge is 0.337 e. The van der Waals surface area contributed by atoms with Gasteiger partial charge in [0.25, 0.3) is 0 Å². The number of pyridine rings is 1. The molecule has 4 aromatic rings. The number of fused-ring (bicyclic) bond motifs is 1. The second-order valence-electron chi connectivity index (χ2n) is 7.84. The van der Waals surface area contributed by atoms with E-state index in [1.165, 1.54) is 24.4 Å². The van der Waals surface area contributed by atoms with Crippen LogP contribution in [0.4, 0.5) is 10.1 Å². The number of hydrogen-bond acceptors (Lipinski definition) is 3. The molecule has 1 aromatic heterocycles. The second kappa shape index (κ2) is 9.00. The van der Waals surface area contributed by atoms with Gasteiger partial charge >= 0.3 is 0 Å². The van der Waals surface area contributed by atoms with Gasteiger partial charge in [0.1, 0.15) is 12.4 Å². The molecule has 0 aliphatic rings. The fourth-order valence-electron chi connectivity index (χ4n) is 3.59. The molecule has 0 saturated carbocycles. The molecule has 0 fully saturated rings. The van der Waals surface area contributed by atoms with Gasteiger partial charge in [-0.2, -0.15) is 0 Å². The minimum absolute atomic E-state index is 0.129. The van der Waals surface area contributed by atoms with E-state index < -0.39 is 17.0 Å². The van der Waals surface area contributed by atoms with Crippen LogP contribution >= 0.6 is 11.6 Å². The maximum atomic E-state index is 13.3. The Morgan fingerprint density at radius 1 is 0.970 bits per heavy atom. The molecular formula is C26H20ClFN2O3. The van der Waals surface area contributed by atoms with E-state index in [0.29, 0.717) is 16.2 Å². The maximum Gasteiger partial charge on any atom is 0.244 e. The summed E-state index contributed by atoms with van der Waals surface area (Å²) in [5.41, 5.74) is 2.81. The van der Waals surface area contributed by atoms with Crippen molar-refractivity contribution in [3.05, 3.63) is 110 Å². The van der Waals surface area contributed by atoms with Crippen LogP contribution in [0.15, 0.2) is 71.7 Å². The Morgan fingerprint density at radius 2 is 1.70 bits per heavy atom. The van der Waals surface area contributed by atoms with Gasteiger partial charge in [0.15, 0.2) is 5.78 Å². The highest BCUT2D eigenvalue weighted by Crippen LogP contribution is 2.20. The number of nitrogens with one attached hydrogen (secondary N) is 1. The standard InChI is InChI=1S/C26H20ClFN2O3/c1-15-3-9-20(11-16(15)2)29-24(31)14-30-13-22(25(32)17-4-7-19(28)8-5-17)26(33)21-12-18(27)6-10-23(21)30/h3-13H,14H2,1-2H3,(H,29,31). The molecule has 7 heteroatoms. The van der Waals surface area contributed by atoms with E-state index in [2.05, 4.69) is 5.32 Å². The minimum atomic E-state index is -0.565. The Labute approximate surface area is 194 Å². The van der Waals surface area contributed by atoms with Gasteiger partial charge in [-0.1, -0.05) is 17.7 Å². The SMILES string of the molecule is Cc1ccc(NC(=O)Cn2cc(C(=O)c3ccc(F)cc3)c(=O)c3cc(Cl)ccc32)cc1C. The number of amides is 1. The van der Waals surface area contributed by atoms with Crippen molar-refractivity contribution in [2.24, 2.45) is 0 Å². The van der Waals surface area contributed by atoms with Gasteiger partial charge in [-0.3, -0.25) is 14.4 Å². The molecule has 0 bridgehead atoms. The third-order valence-electron chi connectivity index (χ3n) is 5.50. The second-order valence-corrected chi connectivity index (χ2v) is 8.28. The Morgan fingerprint density at radius 3 is 2.39 bits per heavy atom. The lowest BCUT2D eigenvalue weighted by molar-refractivity contribution is -0.116. The molecule has 33 heavy (non-hydrogen) atoms. The summed E-state index contributed by atoms with van der Waals surface area (Å²) in [5.74, 6) is -1.37. The van der Waals surface area contributed by atoms with Crippen LogP contribution < -0.4 is 10.7 Å². The highest BCUT2D eigenvalue weighted by atomic mass is 35.5. The van der Waals surface area contributed by atoms with Crippen molar-refractivity contribution in [1.82, 2.24) is 4.57 Å². The van der Waals surface area contributed by atoms with Gasteiger partial charge in [0.2, 0.25) is 11.3 Å². The molecule has 0 saturated heterocycles. The molecule has 1 N–H and O–H groups in total. The number of rotatable bonds is 5. The van der Waals surface area contributed by atoms with Crippen LogP contribution in [0.2, 0.25) is 5.02 Å². The molecule has 0 radical (unpaired) electrons.